The molecule has 2 atom stereocenters. The molecule has 0 saturated carbocycles. The van der Waals surface area contributed by atoms with Crippen molar-refractivity contribution >= 4 is 16.7 Å². The minimum absolute atomic E-state index is 0.123. The van der Waals surface area contributed by atoms with Crippen LogP contribution in [0.3, 0.4) is 0 Å². The van der Waals surface area contributed by atoms with E-state index in [4.69, 9.17) is 0 Å². The Morgan fingerprint density at radius 1 is 0.688 bits per heavy atom. The number of carbonyl (C=O) groups is 1. The van der Waals surface area contributed by atoms with Gasteiger partial charge in [0.25, 0.3) is 0 Å². The Morgan fingerprint density at radius 3 is 2.03 bits per heavy atom. The van der Waals surface area contributed by atoms with Crippen molar-refractivity contribution in [2.24, 2.45) is 0 Å². The molecule has 0 fully saturated rings. The molecule has 1 N–H and O–H groups in total. The first kappa shape index (κ1) is 20.0. The molecular weight excluding hydrogens is 390 g/mol. The number of hydrogen-bond acceptors (Lipinski definition) is 1. The number of benzene rings is 4. The van der Waals surface area contributed by atoms with Crippen LogP contribution in [0.15, 0.2) is 115 Å². The van der Waals surface area contributed by atoms with Gasteiger partial charge in [0.2, 0.25) is 0 Å². The van der Waals surface area contributed by atoms with Crippen molar-refractivity contribution in [1.82, 2.24) is 4.98 Å². The summed E-state index contributed by atoms with van der Waals surface area (Å²) in [6, 6.07) is 36.7. The second-order valence-electron chi connectivity index (χ2n) is 8.30. The van der Waals surface area contributed by atoms with Gasteiger partial charge < -0.3 is 4.98 Å². The predicted molar refractivity (Wildman–Crippen MR) is 131 cm³/mol. The number of para-hydroxylation sites is 1. The highest BCUT2D eigenvalue weighted by Gasteiger charge is 2.34. The number of fused-ring (bicyclic) bond motifs is 1. The molecule has 0 radical (unpaired) electrons. The highest BCUT2D eigenvalue weighted by Crippen LogP contribution is 2.43. The molecule has 0 spiro atoms. The van der Waals surface area contributed by atoms with Crippen molar-refractivity contribution in [3.8, 4) is 0 Å². The minimum atomic E-state index is -0.347. The van der Waals surface area contributed by atoms with E-state index in [9.17, 15) is 4.79 Å². The molecule has 0 aliphatic rings. The van der Waals surface area contributed by atoms with E-state index < -0.39 is 0 Å². The lowest BCUT2D eigenvalue weighted by atomic mass is 9.73. The van der Waals surface area contributed by atoms with E-state index >= 15 is 0 Å². The molecule has 4 aromatic carbocycles. The van der Waals surface area contributed by atoms with Gasteiger partial charge in [-0.25, -0.2) is 0 Å². The van der Waals surface area contributed by atoms with E-state index in [2.05, 4.69) is 72.7 Å². The Balaban J connectivity index is 1.76. The van der Waals surface area contributed by atoms with Crippen LogP contribution in [0.4, 0.5) is 0 Å². The topological polar surface area (TPSA) is 32.9 Å². The number of nitrogens with one attached hydrogen (secondary N) is 1. The first-order chi connectivity index (χ1) is 15.7. The minimum Gasteiger partial charge on any atom is -0.361 e. The summed E-state index contributed by atoms with van der Waals surface area (Å²) in [5, 5.41) is 1.15. The van der Waals surface area contributed by atoms with Gasteiger partial charge in [-0.15, -0.1) is 0 Å². The van der Waals surface area contributed by atoms with Crippen LogP contribution in [0.25, 0.3) is 10.9 Å². The van der Waals surface area contributed by atoms with E-state index in [0.29, 0.717) is 0 Å². The number of Topliss-reactive ketones (excluding diaryl/α,β-unsaturated/α-hetero) is 1. The Kier molecular flexibility index (Phi) is 5.43. The lowest BCUT2D eigenvalue weighted by molar-refractivity contribution is 0.0952. The summed E-state index contributed by atoms with van der Waals surface area (Å²) in [5.74, 6) is -0.338. The summed E-state index contributed by atoms with van der Waals surface area (Å²) >= 11 is 0. The number of H-pyrrole nitrogens is 1. The number of carbonyl (C=O) groups excluding carboxylic acids is 1. The fourth-order valence-corrected chi connectivity index (χ4v) is 4.61. The zero-order valence-electron chi connectivity index (χ0n) is 18.0. The first-order valence-electron chi connectivity index (χ1n) is 11.0. The van der Waals surface area contributed by atoms with Crippen LogP contribution in [0, 0.1) is 6.92 Å². The van der Waals surface area contributed by atoms with Crippen molar-refractivity contribution in [3.63, 3.8) is 0 Å². The van der Waals surface area contributed by atoms with Gasteiger partial charge in [0.05, 0.1) is 5.92 Å². The number of aryl methyl sites for hydroxylation is 1. The van der Waals surface area contributed by atoms with Crippen molar-refractivity contribution in [3.05, 3.63) is 143 Å². The fourth-order valence-electron chi connectivity index (χ4n) is 4.61. The van der Waals surface area contributed by atoms with Gasteiger partial charge in [0.15, 0.2) is 5.78 Å². The molecule has 0 aliphatic carbocycles. The van der Waals surface area contributed by atoms with E-state index in [0.717, 1.165) is 33.2 Å². The van der Waals surface area contributed by atoms with Gasteiger partial charge in [-0.2, -0.15) is 0 Å². The van der Waals surface area contributed by atoms with Gasteiger partial charge in [0, 0.05) is 28.6 Å². The molecule has 32 heavy (non-hydrogen) atoms. The van der Waals surface area contributed by atoms with Gasteiger partial charge in [-0.1, -0.05) is 109 Å². The molecule has 2 unspecified atom stereocenters. The average Bonchev–Trinajstić information content (AvgIpc) is 3.28. The summed E-state index contributed by atoms with van der Waals surface area (Å²) in [6.45, 7) is 2.09. The third kappa shape index (κ3) is 3.76. The second kappa shape index (κ2) is 8.68. The Hall–Kier alpha value is -3.91. The predicted octanol–water partition coefficient (Wildman–Crippen LogP) is 7.27. The van der Waals surface area contributed by atoms with Gasteiger partial charge in [-0.05, 0) is 29.7 Å². The normalized spacial score (nSPS) is 13.0. The summed E-state index contributed by atoms with van der Waals surface area (Å²) in [4.78, 5) is 17.5. The van der Waals surface area contributed by atoms with Crippen molar-refractivity contribution in [1.29, 1.82) is 0 Å². The van der Waals surface area contributed by atoms with E-state index in [1.165, 1.54) is 5.56 Å². The van der Waals surface area contributed by atoms with E-state index in [1.807, 2.05) is 54.6 Å². The Morgan fingerprint density at radius 2 is 1.31 bits per heavy atom. The van der Waals surface area contributed by atoms with Crippen LogP contribution in [-0.4, -0.2) is 10.8 Å². The molecule has 156 valence electrons. The number of aromatic amines is 1. The van der Waals surface area contributed by atoms with Gasteiger partial charge in [0.1, 0.15) is 0 Å². The largest absolute Gasteiger partial charge is 0.361 e. The van der Waals surface area contributed by atoms with Gasteiger partial charge in [-0.3, -0.25) is 4.79 Å². The summed E-state index contributed by atoms with van der Waals surface area (Å²) in [5.41, 5.74) is 6.33. The quantitative estimate of drug-likeness (QED) is 0.291. The van der Waals surface area contributed by atoms with Crippen LogP contribution < -0.4 is 0 Å². The number of rotatable bonds is 6. The maximum absolute atomic E-state index is 14.0. The SMILES string of the molecule is Cc1ccc(C(c2c[nH]c3ccccc23)C(C(=O)c2ccccc2)c2ccccc2)cc1. The van der Waals surface area contributed by atoms with Crippen molar-refractivity contribution in [2.75, 3.05) is 0 Å². The number of aromatic nitrogens is 1. The van der Waals surface area contributed by atoms with E-state index in [-0.39, 0.29) is 17.6 Å². The molecule has 1 heterocycles. The molecule has 2 nitrogen and oxygen atoms in total. The molecule has 5 aromatic rings. The van der Waals surface area contributed by atoms with Crippen LogP contribution in [-0.2, 0) is 0 Å². The Labute approximate surface area is 188 Å². The standard InChI is InChI=1S/C30H25NO/c1-21-16-18-23(19-17-21)28(26-20-31-27-15-9-8-14-25(26)27)29(22-10-4-2-5-11-22)30(32)24-12-6-3-7-13-24/h2-20,28-29,31H,1H3. The molecule has 0 saturated heterocycles. The average molecular weight is 416 g/mol. The molecule has 0 amide bonds. The first-order valence-corrected chi connectivity index (χ1v) is 11.0. The Bertz CT molecular complexity index is 1330. The van der Waals surface area contributed by atoms with Crippen molar-refractivity contribution in [2.45, 2.75) is 18.8 Å². The van der Waals surface area contributed by atoms with Gasteiger partial charge >= 0.3 is 0 Å². The molecule has 1 aromatic heterocycles. The van der Waals surface area contributed by atoms with E-state index in [1.54, 1.807) is 0 Å². The smallest absolute Gasteiger partial charge is 0.171 e. The van der Waals surface area contributed by atoms with Crippen LogP contribution in [0.2, 0.25) is 0 Å². The maximum Gasteiger partial charge on any atom is 0.171 e. The van der Waals surface area contributed by atoms with Crippen LogP contribution in [0.1, 0.15) is 44.4 Å². The summed E-state index contributed by atoms with van der Waals surface area (Å²) in [6.07, 6.45) is 2.07. The highest BCUT2D eigenvalue weighted by atomic mass is 16.1. The molecular formula is C30H25NO. The molecule has 2 heteroatoms. The van der Waals surface area contributed by atoms with Crippen molar-refractivity contribution < 1.29 is 4.79 Å². The summed E-state index contributed by atoms with van der Waals surface area (Å²) < 4.78 is 0. The maximum atomic E-state index is 14.0. The molecule has 0 bridgehead atoms. The zero-order valence-corrected chi connectivity index (χ0v) is 18.0. The fraction of sp³-hybridized carbons (Fsp3) is 0.100. The lowest BCUT2D eigenvalue weighted by Crippen LogP contribution is -2.22. The molecule has 5 rings (SSSR count). The lowest BCUT2D eigenvalue weighted by Gasteiger charge is -2.28. The monoisotopic (exact) mass is 415 g/mol. The van der Waals surface area contributed by atoms with Crippen LogP contribution in [0.5, 0.6) is 0 Å². The third-order valence-corrected chi connectivity index (χ3v) is 6.23. The number of hydrogen-bond donors (Lipinski definition) is 1. The molecule has 0 aliphatic heterocycles. The summed E-state index contributed by atoms with van der Waals surface area (Å²) in [7, 11) is 0. The third-order valence-electron chi connectivity index (χ3n) is 6.23. The highest BCUT2D eigenvalue weighted by molar-refractivity contribution is 6.02. The van der Waals surface area contributed by atoms with Crippen LogP contribution >= 0.6 is 0 Å². The zero-order chi connectivity index (χ0) is 21.9. The second-order valence-corrected chi connectivity index (χ2v) is 8.30. The number of ketones is 1.